The van der Waals surface area contributed by atoms with Crippen molar-refractivity contribution in [2.75, 3.05) is 27.2 Å². The molecule has 1 aliphatic heterocycles. The van der Waals surface area contributed by atoms with E-state index in [2.05, 4.69) is 0 Å². The van der Waals surface area contributed by atoms with E-state index in [9.17, 15) is 21.2 Å². The molecular weight excluding hydrogens is 331 g/mol. The Hall–Kier alpha value is -1.03. The van der Waals surface area contributed by atoms with Gasteiger partial charge in [0.1, 0.15) is 5.82 Å². The molecular formula is C13H19FN2O4S2. The predicted molar refractivity (Wildman–Crippen MR) is 80.8 cm³/mol. The maximum absolute atomic E-state index is 12.9. The monoisotopic (exact) mass is 350 g/mol. The molecule has 1 saturated heterocycles. The fourth-order valence-electron chi connectivity index (χ4n) is 2.42. The zero-order valence-electron chi connectivity index (χ0n) is 12.4. The van der Waals surface area contributed by atoms with E-state index in [1.807, 2.05) is 0 Å². The molecule has 0 unspecified atom stereocenters. The number of halogens is 1. The first-order valence-electron chi connectivity index (χ1n) is 6.83. The van der Waals surface area contributed by atoms with E-state index in [1.165, 1.54) is 30.5 Å². The third-order valence-electron chi connectivity index (χ3n) is 3.71. The lowest BCUT2D eigenvalue weighted by molar-refractivity contribution is 0.324. The Bertz CT molecular complexity index is 730. The van der Waals surface area contributed by atoms with E-state index in [-0.39, 0.29) is 11.4 Å². The highest BCUT2D eigenvalue weighted by molar-refractivity contribution is 7.92. The van der Waals surface area contributed by atoms with Crippen LogP contribution in [0.15, 0.2) is 29.2 Å². The summed E-state index contributed by atoms with van der Waals surface area (Å²) in [5.74, 6) is -0.514. The second-order valence-electron chi connectivity index (χ2n) is 5.41. The number of sulfone groups is 1. The van der Waals surface area contributed by atoms with Crippen LogP contribution in [0.1, 0.15) is 12.8 Å². The third-order valence-corrected chi connectivity index (χ3v) is 7.81. The predicted octanol–water partition coefficient (Wildman–Crippen LogP) is 0.870. The Morgan fingerprint density at radius 1 is 1.14 bits per heavy atom. The number of piperidine rings is 1. The Balaban J connectivity index is 2.27. The highest BCUT2D eigenvalue weighted by Gasteiger charge is 2.37. The van der Waals surface area contributed by atoms with Crippen LogP contribution in [0.3, 0.4) is 0 Å². The first-order valence-corrected chi connectivity index (χ1v) is 9.77. The molecule has 0 saturated carbocycles. The van der Waals surface area contributed by atoms with Gasteiger partial charge in [0.15, 0.2) is 9.84 Å². The largest absolute Gasteiger partial charge is 0.281 e. The second-order valence-corrected chi connectivity index (χ2v) is 9.78. The fourth-order valence-corrected chi connectivity index (χ4v) is 5.45. The van der Waals surface area contributed by atoms with Crippen molar-refractivity contribution in [3.63, 3.8) is 0 Å². The van der Waals surface area contributed by atoms with Gasteiger partial charge in [0.25, 0.3) is 10.2 Å². The van der Waals surface area contributed by atoms with Crippen LogP contribution in [0.25, 0.3) is 0 Å². The van der Waals surface area contributed by atoms with Gasteiger partial charge in [0, 0.05) is 27.2 Å². The Morgan fingerprint density at radius 3 is 2.27 bits per heavy atom. The number of benzene rings is 1. The van der Waals surface area contributed by atoms with E-state index in [4.69, 9.17) is 0 Å². The summed E-state index contributed by atoms with van der Waals surface area (Å²) in [7, 11) is -4.51. The van der Waals surface area contributed by atoms with Crippen LogP contribution < -0.4 is 0 Å². The van der Waals surface area contributed by atoms with E-state index in [0.29, 0.717) is 19.4 Å². The molecule has 1 heterocycles. The van der Waals surface area contributed by atoms with Gasteiger partial charge in [-0.2, -0.15) is 17.0 Å². The number of nitrogens with zero attached hydrogens (tertiary/aromatic N) is 2. The molecule has 1 aliphatic rings. The van der Waals surface area contributed by atoms with Crippen LogP contribution >= 0.6 is 0 Å². The van der Waals surface area contributed by atoms with Crippen LogP contribution in [0.5, 0.6) is 0 Å². The molecule has 22 heavy (non-hydrogen) atoms. The minimum Gasteiger partial charge on any atom is -0.223 e. The van der Waals surface area contributed by atoms with Crippen LogP contribution in [0.4, 0.5) is 4.39 Å². The van der Waals surface area contributed by atoms with Gasteiger partial charge in [-0.3, -0.25) is 0 Å². The van der Waals surface area contributed by atoms with Gasteiger partial charge >= 0.3 is 0 Å². The van der Waals surface area contributed by atoms with Gasteiger partial charge in [0.05, 0.1) is 10.1 Å². The standard InChI is InChI=1S/C13H19FN2O4S2/c1-15(2)22(19,20)16-9-3-4-13(10-16)21(17,18)12-7-5-11(14)6-8-12/h5-8,13H,3-4,9-10H2,1-2H3/t13-/m0/s1. The lowest BCUT2D eigenvalue weighted by Gasteiger charge is -2.33. The summed E-state index contributed by atoms with van der Waals surface area (Å²) >= 11 is 0. The normalized spacial score (nSPS) is 21.2. The van der Waals surface area contributed by atoms with E-state index < -0.39 is 31.1 Å². The second kappa shape index (κ2) is 6.23. The molecule has 0 radical (unpaired) electrons. The minimum atomic E-state index is -3.69. The van der Waals surface area contributed by atoms with Crippen molar-refractivity contribution in [2.45, 2.75) is 23.0 Å². The topological polar surface area (TPSA) is 74.8 Å². The summed E-state index contributed by atoms with van der Waals surface area (Å²) in [5, 5.41) is -0.818. The van der Waals surface area contributed by atoms with E-state index in [1.54, 1.807) is 0 Å². The highest BCUT2D eigenvalue weighted by atomic mass is 32.2. The van der Waals surface area contributed by atoms with Gasteiger partial charge < -0.3 is 0 Å². The number of rotatable bonds is 4. The summed E-state index contributed by atoms with van der Waals surface area (Å²) < 4.78 is 64.6. The zero-order chi connectivity index (χ0) is 16.5. The van der Waals surface area contributed by atoms with Crippen LogP contribution in [-0.4, -0.2) is 57.9 Å². The maximum Gasteiger partial charge on any atom is 0.281 e. The molecule has 1 atom stereocenters. The maximum atomic E-state index is 12.9. The van der Waals surface area contributed by atoms with Crippen molar-refractivity contribution < 1.29 is 21.2 Å². The molecule has 0 spiro atoms. The molecule has 0 N–H and O–H groups in total. The average molecular weight is 350 g/mol. The molecule has 1 aromatic carbocycles. The first kappa shape index (κ1) is 17.3. The molecule has 0 bridgehead atoms. The molecule has 0 aromatic heterocycles. The summed E-state index contributed by atoms with van der Waals surface area (Å²) in [6.07, 6.45) is 0.858. The van der Waals surface area contributed by atoms with Crippen LogP contribution in [0, 0.1) is 5.82 Å². The van der Waals surface area contributed by atoms with Crippen molar-refractivity contribution >= 4 is 20.0 Å². The first-order chi connectivity index (χ1) is 10.2. The average Bonchev–Trinajstić information content (AvgIpc) is 2.47. The van der Waals surface area contributed by atoms with E-state index >= 15 is 0 Å². The van der Waals surface area contributed by atoms with Gasteiger partial charge in [-0.15, -0.1) is 0 Å². The molecule has 1 aromatic rings. The molecule has 6 nitrogen and oxygen atoms in total. The lowest BCUT2D eigenvalue weighted by atomic mass is 10.2. The van der Waals surface area contributed by atoms with Gasteiger partial charge in [-0.1, -0.05) is 0 Å². The third kappa shape index (κ3) is 3.32. The Morgan fingerprint density at radius 2 is 1.73 bits per heavy atom. The Labute approximate surface area is 130 Å². The van der Waals surface area contributed by atoms with Crippen LogP contribution in [0.2, 0.25) is 0 Å². The number of hydrogen-bond acceptors (Lipinski definition) is 4. The quantitative estimate of drug-likeness (QED) is 0.755. The summed E-state index contributed by atoms with van der Waals surface area (Å²) in [5.41, 5.74) is 0. The lowest BCUT2D eigenvalue weighted by Crippen LogP contribution is -2.48. The molecule has 9 heteroatoms. The van der Waals surface area contributed by atoms with Crippen molar-refractivity contribution in [1.82, 2.24) is 8.61 Å². The van der Waals surface area contributed by atoms with E-state index in [0.717, 1.165) is 16.4 Å². The molecule has 0 amide bonds. The van der Waals surface area contributed by atoms with Gasteiger partial charge in [-0.05, 0) is 37.1 Å². The van der Waals surface area contributed by atoms with Crippen molar-refractivity contribution in [1.29, 1.82) is 0 Å². The highest BCUT2D eigenvalue weighted by Crippen LogP contribution is 2.25. The summed E-state index contributed by atoms with van der Waals surface area (Å²) in [6, 6.07) is 4.60. The van der Waals surface area contributed by atoms with Gasteiger partial charge in [0.2, 0.25) is 0 Å². The molecule has 1 fully saturated rings. The minimum absolute atomic E-state index is 0.0167. The van der Waals surface area contributed by atoms with Crippen molar-refractivity contribution in [3.05, 3.63) is 30.1 Å². The van der Waals surface area contributed by atoms with Crippen LogP contribution in [-0.2, 0) is 20.0 Å². The molecule has 124 valence electrons. The molecule has 0 aliphatic carbocycles. The number of hydrogen-bond donors (Lipinski definition) is 0. The van der Waals surface area contributed by atoms with Crippen molar-refractivity contribution in [2.24, 2.45) is 0 Å². The SMILES string of the molecule is CN(C)S(=O)(=O)N1CCC[C@H](S(=O)(=O)c2ccc(F)cc2)C1. The smallest absolute Gasteiger partial charge is 0.223 e. The summed E-state index contributed by atoms with van der Waals surface area (Å²) in [4.78, 5) is 0.0167. The Kier molecular flexibility index (Phi) is 4.90. The zero-order valence-corrected chi connectivity index (χ0v) is 14.1. The molecule has 2 rings (SSSR count). The summed E-state index contributed by atoms with van der Waals surface area (Å²) in [6.45, 7) is 0.218. The fraction of sp³-hybridized carbons (Fsp3) is 0.538. The van der Waals surface area contributed by atoms with Gasteiger partial charge in [-0.25, -0.2) is 12.8 Å². The van der Waals surface area contributed by atoms with Crippen molar-refractivity contribution in [3.8, 4) is 0 Å².